The summed E-state index contributed by atoms with van der Waals surface area (Å²) in [5, 5.41) is 11.6. The molecule has 0 fully saturated rings. The normalized spacial score (nSPS) is 9.40. The largest absolute Gasteiger partial charge is 0.480 e. The first kappa shape index (κ1) is 11.3. The molecule has 0 radical (unpaired) electrons. The van der Waals surface area contributed by atoms with E-state index in [1.807, 2.05) is 18.3 Å². The molecular formula is C11H14N2O2. The summed E-state index contributed by atoms with van der Waals surface area (Å²) < 4.78 is 0. The molecule has 0 bridgehead atoms. The zero-order valence-electron chi connectivity index (χ0n) is 8.53. The summed E-state index contributed by atoms with van der Waals surface area (Å²) in [5.74, 6) is -0.822. The highest BCUT2D eigenvalue weighted by atomic mass is 16.4. The number of likely N-dealkylation sites (N-methyl/N-ethyl adjacent to an activating group) is 1. The lowest BCUT2D eigenvalue weighted by Gasteiger charge is -1.84. The van der Waals surface area contributed by atoms with Crippen LogP contribution in [0.1, 0.15) is 0 Å². The zero-order valence-corrected chi connectivity index (χ0v) is 8.53. The van der Waals surface area contributed by atoms with Crippen LogP contribution in [-0.2, 0) is 4.79 Å². The number of hydrogen-bond acceptors (Lipinski definition) is 2. The minimum Gasteiger partial charge on any atom is -0.480 e. The number of fused-ring (bicyclic) bond motifs is 1. The van der Waals surface area contributed by atoms with Crippen LogP contribution in [0.5, 0.6) is 0 Å². The number of H-pyrrole nitrogens is 1. The number of para-hydroxylation sites is 1. The van der Waals surface area contributed by atoms with Crippen molar-refractivity contribution in [1.82, 2.24) is 10.3 Å². The van der Waals surface area contributed by atoms with Crippen LogP contribution >= 0.6 is 0 Å². The summed E-state index contributed by atoms with van der Waals surface area (Å²) in [7, 11) is 1.59. The topological polar surface area (TPSA) is 65.1 Å². The van der Waals surface area contributed by atoms with E-state index in [0.29, 0.717) is 0 Å². The summed E-state index contributed by atoms with van der Waals surface area (Å²) in [4.78, 5) is 12.7. The standard InChI is InChI=1S/C8H7N.C3H7NO2/c1-2-4-8-7(3-1)5-6-9-8;1-4-2-3(5)6/h1-6,9H;4H,2H2,1H3,(H,5,6). The monoisotopic (exact) mass is 206 g/mol. The molecule has 3 N–H and O–H groups in total. The van der Waals surface area contributed by atoms with Crippen molar-refractivity contribution >= 4 is 16.9 Å². The molecule has 1 aromatic carbocycles. The molecule has 0 aliphatic heterocycles. The van der Waals surface area contributed by atoms with E-state index < -0.39 is 5.97 Å². The minimum absolute atomic E-state index is 0.0417. The lowest BCUT2D eigenvalue weighted by molar-refractivity contribution is -0.135. The first-order chi connectivity index (χ1) is 7.24. The highest BCUT2D eigenvalue weighted by Gasteiger charge is 1.87. The van der Waals surface area contributed by atoms with Crippen LogP contribution in [0, 0.1) is 0 Å². The van der Waals surface area contributed by atoms with E-state index in [-0.39, 0.29) is 6.54 Å². The van der Waals surface area contributed by atoms with Gasteiger partial charge in [-0.05, 0) is 24.6 Å². The summed E-state index contributed by atoms with van der Waals surface area (Å²) in [6, 6.07) is 10.3. The second-order valence-corrected chi connectivity index (χ2v) is 2.99. The number of aromatic nitrogens is 1. The van der Waals surface area contributed by atoms with Gasteiger partial charge in [0, 0.05) is 11.7 Å². The smallest absolute Gasteiger partial charge is 0.317 e. The van der Waals surface area contributed by atoms with Crippen molar-refractivity contribution < 1.29 is 9.90 Å². The number of carbonyl (C=O) groups is 1. The number of aliphatic carboxylic acids is 1. The molecule has 80 valence electrons. The fourth-order valence-electron chi connectivity index (χ4n) is 1.15. The summed E-state index contributed by atoms with van der Waals surface area (Å²) in [5.41, 5.74) is 1.21. The SMILES string of the molecule is CNCC(=O)O.c1ccc2[nH]ccc2c1. The molecule has 2 aromatic rings. The molecule has 0 amide bonds. The van der Waals surface area contributed by atoms with Crippen LogP contribution in [0.4, 0.5) is 0 Å². The quantitative estimate of drug-likeness (QED) is 0.697. The van der Waals surface area contributed by atoms with E-state index in [1.54, 1.807) is 7.05 Å². The van der Waals surface area contributed by atoms with E-state index in [9.17, 15) is 4.79 Å². The van der Waals surface area contributed by atoms with Crippen molar-refractivity contribution in [3.05, 3.63) is 36.5 Å². The molecule has 2 rings (SSSR count). The summed E-state index contributed by atoms with van der Waals surface area (Å²) in [6.45, 7) is 0.0417. The van der Waals surface area contributed by atoms with Crippen LogP contribution in [0.25, 0.3) is 10.9 Å². The van der Waals surface area contributed by atoms with Gasteiger partial charge in [-0.25, -0.2) is 0 Å². The van der Waals surface area contributed by atoms with E-state index in [1.165, 1.54) is 10.9 Å². The van der Waals surface area contributed by atoms with E-state index in [0.717, 1.165) is 0 Å². The number of aromatic amines is 1. The van der Waals surface area contributed by atoms with Crippen molar-refractivity contribution in [1.29, 1.82) is 0 Å². The molecule has 0 unspecified atom stereocenters. The van der Waals surface area contributed by atoms with Gasteiger partial charge >= 0.3 is 5.97 Å². The maximum Gasteiger partial charge on any atom is 0.317 e. The lowest BCUT2D eigenvalue weighted by Crippen LogP contribution is -2.16. The molecule has 0 saturated heterocycles. The highest BCUT2D eigenvalue weighted by molar-refractivity contribution is 5.78. The Kier molecular flexibility index (Phi) is 4.37. The number of nitrogens with one attached hydrogen (secondary N) is 2. The van der Waals surface area contributed by atoms with Crippen LogP contribution in [0.15, 0.2) is 36.5 Å². The Bertz CT molecular complexity index is 393. The molecule has 4 heteroatoms. The van der Waals surface area contributed by atoms with Gasteiger partial charge in [0.25, 0.3) is 0 Å². The van der Waals surface area contributed by atoms with Gasteiger partial charge in [0.2, 0.25) is 0 Å². The van der Waals surface area contributed by atoms with Crippen LogP contribution < -0.4 is 5.32 Å². The molecule has 0 aliphatic carbocycles. The van der Waals surface area contributed by atoms with Crippen molar-refractivity contribution in [3.8, 4) is 0 Å². The highest BCUT2D eigenvalue weighted by Crippen LogP contribution is 2.09. The fourth-order valence-corrected chi connectivity index (χ4v) is 1.15. The van der Waals surface area contributed by atoms with Crippen molar-refractivity contribution in [2.45, 2.75) is 0 Å². The van der Waals surface area contributed by atoms with Crippen LogP contribution in [-0.4, -0.2) is 29.7 Å². The number of rotatable bonds is 2. The van der Waals surface area contributed by atoms with Crippen molar-refractivity contribution in [2.75, 3.05) is 13.6 Å². The maximum absolute atomic E-state index is 9.54. The average Bonchev–Trinajstić information content (AvgIpc) is 2.65. The molecule has 0 atom stereocenters. The minimum atomic E-state index is -0.822. The van der Waals surface area contributed by atoms with Gasteiger partial charge in [-0.3, -0.25) is 4.79 Å². The third-order valence-corrected chi connectivity index (χ3v) is 1.79. The van der Waals surface area contributed by atoms with Crippen LogP contribution in [0.3, 0.4) is 0 Å². The average molecular weight is 206 g/mol. The zero-order chi connectivity index (χ0) is 11.1. The molecule has 0 aliphatic rings. The molecule has 4 nitrogen and oxygen atoms in total. The Morgan fingerprint density at radius 2 is 2.13 bits per heavy atom. The fraction of sp³-hybridized carbons (Fsp3) is 0.182. The number of carboxylic acids is 1. The second kappa shape index (κ2) is 5.82. The van der Waals surface area contributed by atoms with E-state index >= 15 is 0 Å². The predicted octanol–water partition coefficient (Wildman–Crippen LogP) is 1.46. The van der Waals surface area contributed by atoms with Crippen molar-refractivity contribution in [3.63, 3.8) is 0 Å². The third-order valence-electron chi connectivity index (χ3n) is 1.79. The third kappa shape index (κ3) is 3.83. The van der Waals surface area contributed by atoms with Gasteiger partial charge in [-0.1, -0.05) is 18.2 Å². The Balaban J connectivity index is 0.000000167. The first-order valence-corrected chi connectivity index (χ1v) is 4.62. The van der Waals surface area contributed by atoms with Gasteiger partial charge in [0.15, 0.2) is 0 Å². The lowest BCUT2D eigenvalue weighted by atomic mass is 10.3. The molecular weight excluding hydrogens is 192 g/mol. The number of benzene rings is 1. The van der Waals surface area contributed by atoms with E-state index in [2.05, 4.69) is 28.5 Å². The second-order valence-electron chi connectivity index (χ2n) is 2.99. The molecule has 15 heavy (non-hydrogen) atoms. The molecule has 0 saturated carbocycles. The number of carboxylic acid groups (broad SMARTS) is 1. The van der Waals surface area contributed by atoms with Gasteiger partial charge in [0.05, 0.1) is 6.54 Å². The molecule has 1 aromatic heterocycles. The Labute approximate surface area is 87.9 Å². The van der Waals surface area contributed by atoms with Gasteiger partial charge in [0.1, 0.15) is 0 Å². The summed E-state index contributed by atoms with van der Waals surface area (Å²) >= 11 is 0. The summed E-state index contributed by atoms with van der Waals surface area (Å²) in [6.07, 6.45) is 1.95. The Hall–Kier alpha value is -1.81. The Morgan fingerprint density at radius 3 is 2.67 bits per heavy atom. The maximum atomic E-state index is 9.54. The van der Waals surface area contributed by atoms with Gasteiger partial charge in [-0.2, -0.15) is 0 Å². The number of hydrogen-bond donors (Lipinski definition) is 3. The van der Waals surface area contributed by atoms with Gasteiger partial charge < -0.3 is 15.4 Å². The Morgan fingerprint density at radius 1 is 1.40 bits per heavy atom. The van der Waals surface area contributed by atoms with Gasteiger partial charge in [-0.15, -0.1) is 0 Å². The molecule has 1 heterocycles. The van der Waals surface area contributed by atoms with E-state index in [4.69, 9.17) is 5.11 Å². The predicted molar refractivity (Wildman–Crippen MR) is 59.9 cm³/mol. The van der Waals surface area contributed by atoms with Crippen molar-refractivity contribution in [2.24, 2.45) is 0 Å². The van der Waals surface area contributed by atoms with Crippen LogP contribution in [0.2, 0.25) is 0 Å². The first-order valence-electron chi connectivity index (χ1n) is 4.62. The molecule has 0 spiro atoms.